The summed E-state index contributed by atoms with van der Waals surface area (Å²) in [6.45, 7) is 1.81. The third kappa shape index (κ3) is 4.57. The fourth-order valence-corrected chi connectivity index (χ4v) is 4.77. The van der Waals surface area contributed by atoms with E-state index in [1.165, 1.54) is 6.08 Å². The molecule has 12 heteroatoms. The third-order valence-electron chi connectivity index (χ3n) is 5.35. The van der Waals surface area contributed by atoms with Crippen molar-refractivity contribution < 1.29 is 18.0 Å². The van der Waals surface area contributed by atoms with Crippen LogP contribution in [0.1, 0.15) is 31.7 Å². The summed E-state index contributed by atoms with van der Waals surface area (Å²) in [5.41, 5.74) is 2.91. The number of rotatable bonds is 8. The first-order valence-electron chi connectivity index (χ1n) is 10.9. The molecule has 1 saturated carbocycles. The summed E-state index contributed by atoms with van der Waals surface area (Å²) in [6.07, 6.45) is 5.72. The van der Waals surface area contributed by atoms with Crippen molar-refractivity contribution in [1.82, 2.24) is 25.2 Å². The van der Waals surface area contributed by atoms with Crippen LogP contribution in [0.4, 0.5) is 16.3 Å². The number of sulfonamides is 1. The molecule has 176 valence electrons. The Morgan fingerprint density at radius 1 is 1.21 bits per heavy atom. The Hall–Kier alpha value is -3.93. The van der Waals surface area contributed by atoms with Crippen LogP contribution in [0.3, 0.4) is 0 Å². The van der Waals surface area contributed by atoms with E-state index in [1.54, 1.807) is 28.9 Å². The fourth-order valence-electron chi connectivity index (χ4n) is 3.65. The predicted octanol–water partition coefficient (Wildman–Crippen LogP) is 2.30. The van der Waals surface area contributed by atoms with Gasteiger partial charge >= 0.3 is 6.03 Å². The summed E-state index contributed by atoms with van der Waals surface area (Å²) in [5.74, 6) is 0.238. The number of aromatic nitrogens is 3. The molecule has 3 amide bonds. The Morgan fingerprint density at radius 3 is 2.74 bits per heavy atom. The highest BCUT2D eigenvalue weighted by Gasteiger charge is 2.25. The minimum Gasteiger partial charge on any atom is -0.367 e. The standard InChI is InChI=1S/C22H23N7O4S/c1-2-8-34(32,33)28-16-5-3-4-13(9-16)17-11-19(24-15-6-7-15)29-20(25-17)14(12-23-29)10-18-21(30)27-22(31)26-18/h3-5,9-12,15,24,28H,2,6-8H2,1H3,(H2,26,27,30,31)/b18-10-. The third-order valence-corrected chi connectivity index (χ3v) is 6.85. The summed E-state index contributed by atoms with van der Waals surface area (Å²) in [7, 11) is -3.43. The molecule has 4 N–H and O–H groups in total. The summed E-state index contributed by atoms with van der Waals surface area (Å²) < 4.78 is 28.7. The quantitative estimate of drug-likeness (QED) is 0.285. The number of carbonyl (C=O) groups excluding carboxylic acids is 2. The molecule has 0 spiro atoms. The number of carbonyl (C=O) groups is 2. The van der Waals surface area contributed by atoms with Gasteiger partial charge in [0.25, 0.3) is 5.91 Å². The molecule has 1 aliphatic carbocycles. The lowest BCUT2D eigenvalue weighted by molar-refractivity contribution is -0.115. The predicted molar refractivity (Wildman–Crippen MR) is 127 cm³/mol. The van der Waals surface area contributed by atoms with Crippen molar-refractivity contribution >= 4 is 45.2 Å². The minimum absolute atomic E-state index is 0.0366. The van der Waals surface area contributed by atoms with E-state index in [0.29, 0.717) is 40.6 Å². The SMILES string of the molecule is CCCS(=O)(=O)Nc1cccc(-c2cc(NC3CC3)n3ncc(/C=C4\NC(=O)NC4=O)c3n2)c1. The van der Waals surface area contributed by atoms with Crippen molar-refractivity contribution in [2.24, 2.45) is 0 Å². The fraction of sp³-hybridized carbons (Fsp3) is 0.273. The molecule has 0 bridgehead atoms. The lowest BCUT2D eigenvalue weighted by atomic mass is 10.1. The van der Waals surface area contributed by atoms with Crippen LogP contribution in [0.25, 0.3) is 23.0 Å². The Kier molecular flexibility index (Phi) is 5.44. The van der Waals surface area contributed by atoms with Crippen LogP contribution in [0.2, 0.25) is 0 Å². The zero-order chi connectivity index (χ0) is 23.9. The van der Waals surface area contributed by atoms with Crippen LogP contribution in [0, 0.1) is 0 Å². The number of nitrogens with zero attached hydrogens (tertiary/aromatic N) is 3. The van der Waals surface area contributed by atoms with Crippen LogP contribution < -0.4 is 20.7 Å². The molecular formula is C22H23N7O4S. The van der Waals surface area contributed by atoms with Crippen LogP contribution in [-0.4, -0.2) is 46.7 Å². The normalized spacial score (nSPS) is 17.1. The topological polar surface area (TPSA) is 147 Å². The second-order valence-electron chi connectivity index (χ2n) is 8.25. The van der Waals surface area contributed by atoms with Gasteiger partial charge in [-0.1, -0.05) is 19.1 Å². The van der Waals surface area contributed by atoms with Crippen molar-refractivity contribution in [2.75, 3.05) is 15.8 Å². The molecule has 1 aliphatic heterocycles. The molecule has 0 unspecified atom stereocenters. The number of amides is 3. The summed E-state index contributed by atoms with van der Waals surface area (Å²) >= 11 is 0. The number of benzene rings is 1. The minimum atomic E-state index is -3.43. The molecule has 11 nitrogen and oxygen atoms in total. The van der Waals surface area contributed by atoms with E-state index in [9.17, 15) is 18.0 Å². The molecular weight excluding hydrogens is 458 g/mol. The highest BCUT2D eigenvalue weighted by molar-refractivity contribution is 7.92. The first kappa shape index (κ1) is 21.9. The van der Waals surface area contributed by atoms with E-state index in [0.717, 1.165) is 18.7 Å². The molecule has 1 aromatic carbocycles. The molecule has 3 aromatic rings. The average Bonchev–Trinajstić information content (AvgIpc) is 3.41. The molecule has 3 heterocycles. The number of nitrogens with one attached hydrogen (secondary N) is 4. The van der Waals surface area contributed by atoms with Gasteiger partial charge in [0.2, 0.25) is 10.0 Å². The van der Waals surface area contributed by atoms with E-state index in [-0.39, 0.29) is 11.4 Å². The molecule has 34 heavy (non-hydrogen) atoms. The summed E-state index contributed by atoms with van der Waals surface area (Å²) in [6, 6.07) is 8.64. The van der Waals surface area contributed by atoms with E-state index in [2.05, 4.69) is 25.8 Å². The van der Waals surface area contributed by atoms with Crippen LogP contribution >= 0.6 is 0 Å². The zero-order valence-electron chi connectivity index (χ0n) is 18.3. The first-order valence-corrected chi connectivity index (χ1v) is 12.6. The Labute approximate surface area is 195 Å². The monoisotopic (exact) mass is 481 g/mol. The number of fused-ring (bicyclic) bond motifs is 1. The Bertz CT molecular complexity index is 1440. The number of hydrogen-bond donors (Lipinski definition) is 4. The Morgan fingerprint density at radius 2 is 2.03 bits per heavy atom. The second-order valence-corrected chi connectivity index (χ2v) is 10.1. The number of urea groups is 1. The lowest BCUT2D eigenvalue weighted by Crippen LogP contribution is -2.22. The van der Waals surface area contributed by atoms with Gasteiger partial charge in [0, 0.05) is 28.9 Å². The average molecular weight is 482 g/mol. The van der Waals surface area contributed by atoms with Crippen molar-refractivity contribution in [1.29, 1.82) is 0 Å². The molecule has 0 radical (unpaired) electrons. The van der Waals surface area contributed by atoms with Crippen molar-refractivity contribution in [3.63, 3.8) is 0 Å². The summed E-state index contributed by atoms with van der Waals surface area (Å²) in [5, 5.41) is 12.5. The largest absolute Gasteiger partial charge is 0.367 e. The number of anilines is 2. The zero-order valence-corrected chi connectivity index (χ0v) is 19.1. The van der Waals surface area contributed by atoms with E-state index < -0.39 is 22.0 Å². The van der Waals surface area contributed by atoms with Crippen molar-refractivity contribution in [3.8, 4) is 11.3 Å². The van der Waals surface area contributed by atoms with Gasteiger partial charge < -0.3 is 10.6 Å². The van der Waals surface area contributed by atoms with Gasteiger partial charge in [-0.05, 0) is 37.5 Å². The van der Waals surface area contributed by atoms with Gasteiger partial charge in [0.1, 0.15) is 11.5 Å². The number of hydrogen-bond acceptors (Lipinski definition) is 7. The molecule has 5 rings (SSSR count). The van der Waals surface area contributed by atoms with Gasteiger partial charge in [-0.25, -0.2) is 18.2 Å². The van der Waals surface area contributed by atoms with Gasteiger partial charge in [-0.3, -0.25) is 14.8 Å². The molecule has 2 aliphatic rings. The lowest BCUT2D eigenvalue weighted by Gasteiger charge is -2.12. The van der Waals surface area contributed by atoms with E-state index in [4.69, 9.17) is 4.98 Å². The van der Waals surface area contributed by atoms with Gasteiger partial charge in [0.05, 0.1) is 17.6 Å². The van der Waals surface area contributed by atoms with Crippen molar-refractivity contribution in [3.05, 3.63) is 47.8 Å². The van der Waals surface area contributed by atoms with Crippen LogP contribution in [0.15, 0.2) is 42.2 Å². The first-order chi connectivity index (χ1) is 16.3. The highest BCUT2D eigenvalue weighted by Crippen LogP contribution is 2.30. The smallest absolute Gasteiger partial charge is 0.326 e. The van der Waals surface area contributed by atoms with Crippen molar-refractivity contribution in [2.45, 2.75) is 32.2 Å². The molecule has 2 fully saturated rings. The molecule has 0 atom stereocenters. The summed E-state index contributed by atoms with van der Waals surface area (Å²) in [4.78, 5) is 28.2. The highest BCUT2D eigenvalue weighted by atomic mass is 32.2. The maximum atomic E-state index is 12.2. The van der Waals surface area contributed by atoms with Crippen LogP contribution in [0.5, 0.6) is 0 Å². The Balaban J connectivity index is 1.58. The second kappa shape index (κ2) is 8.45. The van der Waals surface area contributed by atoms with Gasteiger partial charge in [-0.15, -0.1) is 0 Å². The van der Waals surface area contributed by atoms with Gasteiger partial charge in [-0.2, -0.15) is 9.61 Å². The molecule has 2 aromatic heterocycles. The maximum absolute atomic E-state index is 12.2. The maximum Gasteiger partial charge on any atom is 0.326 e. The van der Waals surface area contributed by atoms with Crippen LogP contribution in [-0.2, 0) is 14.8 Å². The van der Waals surface area contributed by atoms with Gasteiger partial charge in [0.15, 0.2) is 5.65 Å². The molecule has 1 saturated heterocycles. The number of imide groups is 1. The van der Waals surface area contributed by atoms with E-state index >= 15 is 0 Å². The van der Waals surface area contributed by atoms with E-state index in [1.807, 2.05) is 19.1 Å².